The van der Waals surface area contributed by atoms with E-state index in [2.05, 4.69) is 25.6 Å². The molecule has 2 heterocycles. The standard InChI is InChI=1S/C12H19N7O/c1-9(2)20-12-10(13)11(15-8-16-12)14-4-3-6-19-7-5-17-18-19/h5,7-9H,3-4,6,13H2,1-2H3,(H,14,15,16). The van der Waals surface area contributed by atoms with Crippen LogP contribution in [0, 0.1) is 0 Å². The largest absolute Gasteiger partial charge is 0.473 e. The molecule has 0 aliphatic rings. The van der Waals surface area contributed by atoms with Gasteiger partial charge in [-0.1, -0.05) is 5.21 Å². The van der Waals surface area contributed by atoms with Crippen molar-refractivity contribution in [2.24, 2.45) is 0 Å². The van der Waals surface area contributed by atoms with E-state index < -0.39 is 0 Å². The second-order valence-electron chi connectivity index (χ2n) is 4.55. The SMILES string of the molecule is CC(C)Oc1ncnc(NCCCn2ccnn2)c1N. The number of aromatic nitrogens is 5. The maximum absolute atomic E-state index is 5.97. The molecule has 0 spiro atoms. The summed E-state index contributed by atoms with van der Waals surface area (Å²) >= 11 is 0. The zero-order chi connectivity index (χ0) is 14.4. The Morgan fingerprint density at radius 1 is 1.40 bits per heavy atom. The van der Waals surface area contributed by atoms with E-state index in [0.717, 1.165) is 19.5 Å². The molecule has 2 rings (SSSR count). The first-order chi connectivity index (χ1) is 9.66. The number of anilines is 2. The van der Waals surface area contributed by atoms with Crippen LogP contribution in [0.3, 0.4) is 0 Å². The number of aryl methyl sites for hydroxylation is 1. The van der Waals surface area contributed by atoms with Crippen molar-refractivity contribution in [1.29, 1.82) is 0 Å². The van der Waals surface area contributed by atoms with E-state index in [1.54, 1.807) is 10.9 Å². The Hall–Kier alpha value is -2.38. The molecule has 0 saturated heterocycles. The molecule has 0 unspecified atom stereocenters. The molecule has 2 aromatic rings. The van der Waals surface area contributed by atoms with E-state index in [4.69, 9.17) is 10.5 Å². The molecule has 0 radical (unpaired) electrons. The molecule has 8 nitrogen and oxygen atoms in total. The van der Waals surface area contributed by atoms with Gasteiger partial charge < -0.3 is 15.8 Å². The highest BCUT2D eigenvalue weighted by atomic mass is 16.5. The van der Waals surface area contributed by atoms with Crippen LogP contribution in [0.4, 0.5) is 11.5 Å². The average molecular weight is 277 g/mol. The average Bonchev–Trinajstić information content (AvgIpc) is 2.91. The minimum absolute atomic E-state index is 0.0207. The summed E-state index contributed by atoms with van der Waals surface area (Å²) in [5, 5.41) is 10.8. The van der Waals surface area contributed by atoms with Gasteiger partial charge in [0, 0.05) is 19.3 Å². The molecule has 20 heavy (non-hydrogen) atoms. The van der Waals surface area contributed by atoms with E-state index in [9.17, 15) is 0 Å². The number of nitrogens with zero attached hydrogens (tertiary/aromatic N) is 5. The molecule has 0 amide bonds. The summed E-state index contributed by atoms with van der Waals surface area (Å²) in [5.41, 5.74) is 6.40. The summed E-state index contributed by atoms with van der Waals surface area (Å²) in [6.07, 6.45) is 5.83. The number of hydrogen-bond acceptors (Lipinski definition) is 7. The van der Waals surface area contributed by atoms with Gasteiger partial charge >= 0.3 is 0 Å². The molecule has 0 aliphatic carbocycles. The molecule has 0 bridgehead atoms. The molecule has 0 atom stereocenters. The topological polar surface area (TPSA) is 104 Å². The van der Waals surface area contributed by atoms with Crippen molar-refractivity contribution < 1.29 is 4.74 Å². The van der Waals surface area contributed by atoms with E-state index in [1.807, 2.05) is 20.0 Å². The van der Waals surface area contributed by atoms with Gasteiger partial charge in [-0.3, -0.25) is 4.68 Å². The lowest BCUT2D eigenvalue weighted by Crippen LogP contribution is -2.13. The van der Waals surface area contributed by atoms with Gasteiger partial charge in [-0.2, -0.15) is 4.98 Å². The molecule has 0 aromatic carbocycles. The van der Waals surface area contributed by atoms with E-state index >= 15 is 0 Å². The predicted octanol–water partition coefficient (Wildman–Crippen LogP) is 0.940. The van der Waals surface area contributed by atoms with Crippen molar-refractivity contribution in [3.05, 3.63) is 18.7 Å². The van der Waals surface area contributed by atoms with Gasteiger partial charge in [-0.15, -0.1) is 5.10 Å². The minimum atomic E-state index is 0.0207. The second kappa shape index (κ2) is 6.69. The zero-order valence-electron chi connectivity index (χ0n) is 11.7. The third-order valence-electron chi connectivity index (χ3n) is 2.52. The summed E-state index contributed by atoms with van der Waals surface area (Å²) in [5.74, 6) is 1.00. The first-order valence-corrected chi connectivity index (χ1v) is 6.52. The van der Waals surface area contributed by atoms with Crippen LogP contribution < -0.4 is 15.8 Å². The lowest BCUT2D eigenvalue weighted by atomic mass is 10.4. The maximum atomic E-state index is 5.97. The van der Waals surface area contributed by atoms with Crippen molar-refractivity contribution >= 4 is 11.5 Å². The predicted molar refractivity (Wildman–Crippen MR) is 75.3 cm³/mol. The highest BCUT2D eigenvalue weighted by molar-refractivity contribution is 5.66. The van der Waals surface area contributed by atoms with Crippen molar-refractivity contribution in [2.45, 2.75) is 32.9 Å². The molecule has 0 saturated carbocycles. The van der Waals surface area contributed by atoms with Gasteiger partial charge in [0.25, 0.3) is 0 Å². The first kappa shape index (κ1) is 14.0. The fraction of sp³-hybridized carbons (Fsp3) is 0.500. The minimum Gasteiger partial charge on any atom is -0.473 e. The fourth-order valence-corrected chi connectivity index (χ4v) is 1.64. The van der Waals surface area contributed by atoms with Crippen LogP contribution in [-0.2, 0) is 6.54 Å². The fourth-order valence-electron chi connectivity index (χ4n) is 1.64. The van der Waals surface area contributed by atoms with Crippen molar-refractivity contribution in [2.75, 3.05) is 17.6 Å². The molecule has 0 aliphatic heterocycles. The number of hydrogen-bond donors (Lipinski definition) is 2. The summed E-state index contributed by atoms with van der Waals surface area (Å²) in [6, 6.07) is 0. The molecule has 0 fully saturated rings. The van der Waals surface area contributed by atoms with Crippen LogP contribution in [0.5, 0.6) is 5.88 Å². The second-order valence-corrected chi connectivity index (χ2v) is 4.55. The smallest absolute Gasteiger partial charge is 0.242 e. The summed E-state index contributed by atoms with van der Waals surface area (Å²) in [7, 11) is 0. The van der Waals surface area contributed by atoms with Gasteiger partial charge in [-0.05, 0) is 20.3 Å². The Morgan fingerprint density at radius 3 is 2.95 bits per heavy atom. The number of rotatable bonds is 7. The van der Waals surface area contributed by atoms with E-state index in [1.165, 1.54) is 6.33 Å². The van der Waals surface area contributed by atoms with Crippen LogP contribution in [0.1, 0.15) is 20.3 Å². The van der Waals surface area contributed by atoms with Crippen LogP contribution in [0.25, 0.3) is 0 Å². The van der Waals surface area contributed by atoms with Gasteiger partial charge in [-0.25, -0.2) is 4.98 Å². The zero-order valence-corrected chi connectivity index (χ0v) is 11.7. The lowest BCUT2D eigenvalue weighted by molar-refractivity contribution is 0.234. The van der Waals surface area contributed by atoms with Crippen LogP contribution >= 0.6 is 0 Å². The molecule has 8 heteroatoms. The summed E-state index contributed by atoms with van der Waals surface area (Å²) < 4.78 is 7.29. The number of ether oxygens (including phenoxy) is 1. The molecule has 108 valence electrons. The summed E-state index contributed by atoms with van der Waals surface area (Å²) in [4.78, 5) is 8.15. The highest BCUT2D eigenvalue weighted by Crippen LogP contribution is 2.25. The normalized spacial score (nSPS) is 10.8. The Bertz CT molecular complexity index is 527. The number of nitrogens with two attached hydrogens (primary N) is 1. The molecular formula is C12H19N7O. The number of nitrogen functional groups attached to an aromatic ring is 1. The van der Waals surface area contributed by atoms with Gasteiger partial charge in [0.05, 0.1) is 12.3 Å². The van der Waals surface area contributed by atoms with Crippen molar-refractivity contribution in [3.8, 4) is 5.88 Å². The van der Waals surface area contributed by atoms with Crippen LogP contribution in [-0.4, -0.2) is 37.6 Å². The monoisotopic (exact) mass is 277 g/mol. The highest BCUT2D eigenvalue weighted by Gasteiger charge is 2.10. The van der Waals surface area contributed by atoms with E-state index in [0.29, 0.717) is 17.4 Å². The van der Waals surface area contributed by atoms with Gasteiger partial charge in [0.1, 0.15) is 12.0 Å². The Balaban J connectivity index is 1.86. The van der Waals surface area contributed by atoms with Gasteiger partial charge in [0.15, 0.2) is 5.82 Å². The molecule has 2 aromatic heterocycles. The van der Waals surface area contributed by atoms with Gasteiger partial charge in [0.2, 0.25) is 5.88 Å². The Labute approximate surface area is 117 Å². The Morgan fingerprint density at radius 2 is 2.25 bits per heavy atom. The van der Waals surface area contributed by atoms with Crippen LogP contribution in [0.2, 0.25) is 0 Å². The molecule has 3 N–H and O–H groups in total. The third-order valence-corrected chi connectivity index (χ3v) is 2.52. The maximum Gasteiger partial charge on any atom is 0.242 e. The summed E-state index contributed by atoms with van der Waals surface area (Å²) in [6.45, 7) is 5.36. The third kappa shape index (κ3) is 3.81. The van der Waals surface area contributed by atoms with Crippen molar-refractivity contribution in [3.63, 3.8) is 0 Å². The number of nitrogens with one attached hydrogen (secondary N) is 1. The van der Waals surface area contributed by atoms with E-state index in [-0.39, 0.29) is 6.10 Å². The van der Waals surface area contributed by atoms with Crippen molar-refractivity contribution in [1.82, 2.24) is 25.0 Å². The lowest BCUT2D eigenvalue weighted by Gasteiger charge is -2.13. The molecular weight excluding hydrogens is 258 g/mol. The Kier molecular flexibility index (Phi) is 4.70. The van der Waals surface area contributed by atoms with Crippen LogP contribution in [0.15, 0.2) is 18.7 Å². The quantitative estimate of drug-likeness (QED) is 0.726. The first-order valence-electron chi connectivity index (χ1n) is 6.52.